The van der Waals surface area contributed by atoms with Crippen LogP contribution in [0.25, 0.3) is 22.2 Å². The summed E-state index contributed by atoms with van der Waals surface area (Å²) in [6, 6.07) is 16.8. The number of rotatable bonds is 6. The Morgan fingerprint density at radius 2 is 1.93 bits per heavy atom. The quantitative estimate of drug-likeness (QED) is 0.471. The molecule has 4 aromatic rings. The highest BCUT2D eigenvalue weighted by atomic mass is 32.1. The van der Waals surface area contributed by atoms with E-state index in [1.54, 1.807) is 23.6 Å². The van der Waals surface area contributed by atoms with Crippen LogP contribution in [0.3, 0.4) is 0 Å². The number of para-hydroxylation sites is 1. The minimum atomic E-state index is -0.477. The molecular formula is C23H19N3O3S. The standard InChI is InChI=1S/C23H19N3O3S/c1-15-25-20(14-30-15)17-6-3-9-19(11-17)26-21(27)13-29-22(28)12-18-7-2-5-16-8-4-10-24-23(16)18/h2-11,14H,12-13H2,1H3,(H,26,27). The molecule has 4 rings (SSSR count). The molecule has 0 spiro atoms. The third kappa shape index (κ3) is 4.69. The molecule has 2 aromatic heterocycles. The van der Waals surface area contributed by atoms with Gasteiger partial charge in [-0.1, -0.05) is 36.4 Å². The van der Waals surface area contributed by atoms with Crippen LogP contribution in [0.1, 0.15) is 10.6 Å². The van der Waals surface area contributed by atoms with Gasteiger partial charge < -0.3 is 10.1 Å². The Morgan fingerprint density at radius 3 is 2.77 bits per heavy atom. The molecule has 1 N–H and O–H groups in total. The number of hydrogen-bond acceptors (Lipinski definition) is 6. The SMILES string of the molecule is Cc1nc(-c2cccc(NC(=O)COC(=O)Cc3cccc4cccnc34)c2)cs1. The number of amides is 1. The maximum absolute atomic E-state index is 12.2. The molecule has 150 valence electrons. The van der Waals surface area contributed by atoms with Gasteiger partial charge in [0.1, 0.15) is 0 Å². The summed E-state index contributed by atoms with van der Waals surface area (Å²) in [5, 5.41) is 6.66. The van der Waals surface area contributed by atoms with Crippen molar-refractivity contribution in [2.24, 2.45) is 0 Å². The van der Waals surface area contributed by atoms with Crippen molar-refractivity contribution in [2.75, 3.05) is 11.9 Å². The molecule has 0 aliphatic carbocycles. The first-order valence-corrected chi connectivity index (χ1v) is 10.3. The molecule has 0 fully saturated rings. The van der Waals surface area contributed by atoms with E-state index in [1.807, 2.05) is 60.8 Å². The zero-order valence-corrected chi connectivity index (χ0v) is 17.1. The number of thiazole rings is 1. The van der Waals surface area contributed by atoms with E-state index in [9.17, 15) is 9.59 Å². The van der Waals surface area contributed by atoms with Gasteiger partial charge in [0, 0.05) is 28.2 Å². The number of aryl methyl sites for hydroxylation is 1. The first kappa shape index (κ1) is 19.7. The Labute approximate surface area is 177 Å². The maximum atomic E-state index is 12.2. The molecule has 0 saturated carbocycles. The molecule has 0 aliphatic heterocycles. The number of benzene rings is 2. The first-order valence-electron chi connectivity index (χ1n) is 9.39. The minimum absolute atomic E-state index is 0.0558. The third-order valence-electron chi connectivity index (χ3n) is 4.48. The number of hydrogen-bond donors (Lipinski definition) is 1. The lowest BCUT2D eigenvalue weighted by molar-refractivity contribution is -0.146. The van der Waals surface area contributed by atoms with Crippen molar-refractivity contribution >= 4 is 39.8 Å². The number of carbonyl (C=O) groups is 2. The summed E-state index contributed by atoms with van der Waals surface area (Å²) in [5.41, 5.74) is 3.93. The monoisotopic (exact) mass is 417 g/mol. The number of nitrogens with one attached hydrogen (secondary N) is 1. The van der Waals surface area contributed by atoms with E-state index >= 15 is 0 Å². The van der Waals surface area contributed by atoms with Crippen LogP contribution in [-0.2, 0) is 20.7 Å². The van der Waals surface area contributed by atoms with Crippen molar-refractivity contribution in [2.45, 2.75) is 13.3 Å². The van der Waals surface area contributed by atoms with E-state index in [0.29, 0.717) is 5.69 Å². The van der Waals surface area contributed by atoms with Gasteiger partial charge >= 0.3 is 5.97 Å². The van der Waals surface area contributed by atoms with E-state index in [0.717, 1.165) is 32.7 Å². The van der Waals surface area contributed by atoms with Gasteiger partial charge in [-0.2, -0.15) is 0 Å². The molecule has 2 heterocycles. The van der Waals surface area contributed by atoms with Crippen LogP contribution < -0.4 is 5.32 Å². The summed E-state index contributed by atoms with van der Waals surface area (Å²) < 4.78 is 5.16. The summed E-state index contributed by atoms with van der Waals surface area (Å²) in [4.78, 5) is 33.2. The van der Waals surface area contributed by atoms with Crippen LogP contribution in [-0.4, -0.2) is 28.5 Å². The van der Waals surface area contributed by atoms with Gasteiger partial charge in [-0.05, 0) is 30.7 Å². The smallest absolute Gasteiger partial charge is 0.310 e. The predicted octanol–water partition coefficient (Wildman–Crippen LogP) is 4.39. The average molecular weight is 417 g/mol. The first-order chi connectivity index (χ1) is 14.6. The Hall–Kier alpha value is -3.58. The molecule has 0 aliphatic rings. The summed E-state index contributed by atoms with van der Waals surface area (Å²) in [5.74, 6) is -0.874. The van der Waals surface area contributed by atoms with Gasteiger partial charge in [0.15, 0.2) is 6.61 Å². The number of pyridine rings is 1. The fourth-order valence-electron chi connectivity index (χ4n) is 3.11. The summed E-state index contributed by atoms with van der Waals surface area (Å²) in [6.07, 6.45) is 1.74. The van der Waals surface area contributed by atoms with Crippen molar-refractivity contribution in [3.8, 4) is 11.3 Å². The molecule has 0 atom stereocenters. The third-order valence-corrected chi connectivity index (χ3v) is 5.25. The second-order valence-electron chi connectivity index (χ2n) is 6.71. The van der Waals surface area contributed by atoms with Gasteiger partial charge in [-0.25, -0.2) is 4.98 Å². The molecular weight excluding hydrogens is 398 g/mol. The van der Waals surface area contributed by atoms with E-state index in [-0.39, 0.29) is 13.0 Å². The summed E-state index contributed by atoms with van der Waals surface area (Å²) >= 11 is 1.57. The van der Waals surface area contributed by atoms with Gasteiger partial charge in [0.05, 0.1) is 22.6 Å². The van der Waals surface area contributed by atoms with Gasteiger partial charge in [0.25, 0.3) is 5.91 Å². The van der Waals surface area contributed by atoms with Gasteiger partial charge in [-0.3, -0.25) is 14.6 Å². The van der Waals surface area contributed by atoms with E-state index in [2.05, 4.69) is 15.3 Å². The topological polar surface area (TPSA) is 81.2 Å². The second kappa shape index (κ2) is 8.84. The number of esters is 1. The number of aromatic nitrogens is 2. The fourth-order valence-corrected chi connectivity index (χ4v) is 3.73. The van der Waals surface area contributed by atoms with Crippen LogP contribution in [0.4, 0.5) is 5.69 Å². The molecule has 0 saturated heterocycles. The number of carbonyl (C=O) groups excluding carboxylic acids is 2. The lowest BCUT2D eigenvalue weighted by atomic mass is 10.1. The highest BCUT2D eigenvalue weighted by molar-refractivity contribution is 7.09. The molecule has 7 heteroatoms. The number of anilines is 1. The van der Waals surface area contributed by atoms with Gasteiger partial charge in [-0.15, -0.1) is 11.3 Å². The maximum Gasteiger partial charge on any atom is 0.310 e. The normalized spacial score (nSPS) is 10.7. The Bertz CT molecular complexity index is 1210. The molecule has 30 heavy (non-hydrogen) atoms. The largest absolute Gasteiger partial charge is 0.455 e. The van der Waals surface area contributed by atoms with Crippen molar-refractivity contribution in [3.05, 3.63) is 76.7 Å². The van der Waals surface area contributed by atoms with Crippen LogP contribution in [0.2, 0.25) is 0 Å². The van der Waals surface area contributed by atoms with Crippen molar-refractivity contribution in [1.82, 2.24) is 9.97 Å². The highest BCUT2D eigenvalue weighted by Gasteiger charge is 2.12. The minimum Gasteiger partial charge on any atom is -0.455 e. The Morgan fingerprint density at radius 1 is 1.10 bits per heavy atom. The van der Waals surface area contributed by atoms with Crippen LogP contribution in [0.5, 0.6) is 0 Å². The zero-order chi connectivity index (χ0) is 20.9. The number of ether oxygens (including phenoxy) is 1. The summed E-state index contributed by atoms with van der Waals surface area (Å²) in [6.45, 7) is 1.60. The van der Waals surface area contributed by atoms with Crippen LogP contribution in [0, 0.1) is 6.92 Å². The van der Waals surface area contributed by atoms with Crippen molar-refractivity contribution < 1.29 is 14.3 Å². The average Bonchev–Trinajstić information content (AvgIpc) is 3.19. The number of fused-ring (bicyclic) bond motifs is 1. The second-order valence-corrected chi connectivity index (χ2v) is 7.77. The van der Waals surface area contributed by atoms with E-state index < -0.39 is 11.9 Å². The van der Waals surface area contributed by atoms with Gasteiger partial charge in [0.2, 0.25) is 0 Å². The molecule has 6 nitrogen and oxygen atoms in total. The molecule has 0 radical (unpaired) electrons. The van der Waals surface area contributed by atoms with E-state index in [4.69, 9.17) is 4.74 Å². The highest BCUT2D eigenvalue weighted by Crippen LogP contribution is 2.24. The zero-order valence-electron chi connectivity index (χ0n) is 16.3. The molecule has 1 amide bonds. The van der Waals surface area contributed by atoms with E-state index in [1.165, 1.54) is 0 Å². The lowest BCUT2D eigenvalue weighted by Gasteiger charge is -2.08. The van der Waals surface area contributed by atoms with Crippen LogP contribution in [0.15, 0.2) is 66.2 Å². The Balaban J connectivity index is 1.34. The lowest BCUT2D eigenvalue weighted by Crippen LogP contribution is -2.21. The summed E-state index contributed by atoms with van der Waals surface area (Å²) in [7, 11) is 0. The predicted molar refractivity (Wildman–Crippen MR) is 117 cm³/mol. The van der Waals surface area contributed by atoms with Crippen molar-refractivity contribution in [3.63, 3.8) is 0 Å². The molecule has 0 bridgehead atoms. The van der Waals surface area contributed by atoms with Crippen molar-refractivity contribution in [1.29, 1.82) is 0 Å². The fraction of sp³-hybridized carbons (Fsp3) is 0.130. The van der Waals surface area contributed by atoms with Crippen LogP contribution >= 0.6 is 11.3 Å². The molecule has 2 aromatic carbocycles. The molecule has 0 unspecified atom stereocenters. The number of nitrogens with zero attached hydrogens (tertiary/aromatic N) is 2. The Kier molecular flexibility index (Phi) is 5.81.